The van der Waals surface area contributed by atoms with Gasteiger partial charge in [-0.1, -0.05) is 42.5 Å². The molecule has 1 saturated heterocycles. The molecule has 0 saturated carbocycles. The van der Waals surface area contributed by atoms with Gasteiger partial charge in [-0.3, -0.25) is 14.6 Å². The molecule has 9 heteroatoms. The van der Waals surface area contributed by atoms with E-state index in [0.29, 0.717) is 5.56 Å². The predicted octanol–water partition coefficient (Wildman–Crippen LogP) is 3.75. The van der Waals surface area contributed by atoms with E-state index in [4.69, 9.17) is 0 Å². The summed E-state index contributed by atoms with van der Waals surface area (Å²) in [5, 5.41) is 34.5. The Bertz CT molecular complexity index is 1020. The van der Waals surface area contributed by atoms with E-state index < -0.39 is 11.6 Å². The molecular weight excluding hydrogens is 408 g/mol. The standard InChI is InChI=1S/C23H26N6O3/c1-2-10-28-11-13-29(14-12-28)22(18-4-3-5-20(30)15-18)17-6-8-19(9-7-17)23(16-21(31)32)24-26-27-25-23/h2-9,15,22,30H,1,10-14,16H2,(H,31,32)/t22-/m1/s1. The van der Waals surface area contributed by atoms with E-state index in [2.05, 4.69) is 37.1 Å². The molecule has 2 heterocycles. The van der Waals surface area contributed by atoms with Gasteiger partial charge < -0.3 is 10.2 Å². The SMILES string of the molecule is C=CCN1CCN([C@H](c2ccc(C3(CC(=O)O)N=NN=N3)cc2)c2cccc(O)c2)CC1. The predicted molar refractivity (Wildman–Crippen MR) is 118 cm³/mol. The first-order chi connectivity index (χ1) is 15.5. The second kappa shape index (κ2) is 9.37. The highest BCUT2D eigenvalue weighted by molar-refractivity contribution is 5.69. The van der Waals surface area contributed by atoms with Gasteiger partial charge in [0.05, 0.1) is 12.5 Å². The lowest BCUT2D eigenvalue weighted by Gasteiger charge is -2.39. The summed E-state index contributed by atoms with van der Waals surface area (Å²) in [4.78, 5) is 16.1. The quantitative estimate of drug-likeness (QED) is 0.615. The number of aromatic hydroxyl groups is 1. The van der Waals surface area contributed by atoms with Gasteiger partial charge in [0, 0.05) is 38.3 Å². The van der Waals surface area contributed by atoms with Crippen molar-refractivity contribution in [3.05, 3.63) is 77.9 Å². The maximum absolute atomic E-state index is 11.4. The summed E-state index contributed by atoms with van der Waals surface area (Å²) in [6, 6.07) is 14.9. The smallest absolute Gasteiger partial charge is 0.308 e. The van der Waals surface area contributed by atoms with Crippen molar-refractivity contribution in [2.24, 2.45) is 20.7 Å². The van der Waals surface area contributed by atoms with Crippen LogP contribution in [0.2, 0.25) is 0 Å². The first kappa shape index (κ1) is 21.8. The van der Waals surface area contributed by atoms with E-state index in [1.54, 1.807) is 12.1 Å². The van der Waals surface area contributed by atoms with Crippen molar-refractivity contribution in [3.63, 3.8) is 0 Å². The molecule has 0 aromatic heterocycles. The average Bonchev–Trinajstić information content (AvgIpc) is 3.25. The summed E-state index contributed by atoms with van der Waals surface area (Å²) in [6.45, 7) is 8.32. The molecule has 4 rings (SSSR count). The third kappa shape index (κ3) is 4.58. The van der Waals surface area contributed by atoms with E-state index in [0.717, 1.165) is 43.9 Å². The molecule has 0 spiro atoms. The normalized spacial score (nSPS) is 19.1. The van der Waals surface area contributed by atoms with Crippen LogP contribution in [0.25, 0.3) is 0 Å². The Balaban J connectivity index is 1.64. The fourth-order valence-electron chi connectivity index (χ4n) is 4.34. The van der Waals surface area contributed by atoms with Gasteiger partial charge >= 0.3 is 5.97 Å². The Morgan fingerprint density at radius 1 is 1.06 bits per heavy atom. The second-order valence-corrected chi connectivity index (χ2v) is 8.01. The molecule has 2 aromatic rings. The van der Waals surface area contributed by atoms with Gasteiger partial charge in [-0.05, 0) is 33.7 Å². The lowest BCUT2D eigenvalue weighted by Crippen LogP contribution is -2.47. The Labute approximate surface area is 186 Å². The zero-order valence-corrected chi connectivity index (χ0v) is 17.7. The topological polar surface area (TPSA) is 113 Å². The molecule has 0 unspecified atom stereocenters. The average molecular weight is 435 g/mol. The molecular formula is C23H26N6O3. The van der Waals surface area contributed by atoms with Crippen molar-refractivity contribution < 1.29 is 15.0 Å². The van der Waals surface area contributed by atoms with Crippen LogP contribution in [0.3, 0.4) is 0 Å². The summed E-state index contributed by atoms with van der Waals surface area (Å²) in [6.07, 6.45) is 1.60. The number of rotatable bonds is 8. The fourth-order valence-corrected chi connectivity index (χ4v) is 4.34. The minimum Gasteiger partial charge on any atom is -0.508 e. The molecule has 1 fully saturated rings. The first-order valence-electron chi connectivity index (χ1n) is 10.5. The van der Waals surface area contributed by atoms with E-state index in [1.165, 1.54) is 0 Å². The van der Waals surface area contributed by atoms with Crippen molar-refractivity contribution in [2.75, 3.05) is 32.7 Å². The van der Waals surface area contributed by atoms with Crippen LogP contribution in [0.4, 0.5) is 0 Å². The third-order valence-corrected chi connectivity index (χ3v) is 5.89. The number of phenolic OH excluding ortho intramolecular Hbond substituents is 1. The number of hydrogen-bond acceptors (Lipinski definition) is 8. The molecule has 2 aliphatic rings. The zero-order valence-electron chi connectivity index (χ0n) is 17.7. The van der Waals surface area contributed by atoms with Gasteiger partial charge in [-0.25, -0.2) is 0 Å². The van der Waals surface area contributed by atoms with Crippen LogP contribution in [0.15, 0.2) is 81.9 Å². The van der Waals surface area contributed by atoms with Crippen LogP contribution >= 0.6 is 0 Å². The molecule has 0 radical (unpaired) electrons. The second-order valence-electron chi connectivity index (χ2n) is 8.01. The van der Waals surface area contributed by atoms with Gasteiger partial charge in [0.1, 0.15) is 5.75 Å². The van der Waals surface area contributed by atoms with Crippen molar-refractivity contribution in [1.29, 1.82) is 0 Å². The van der Waals surface area contributed by atoms with Gasteiger partial charge in [0.2, 0.25) is 5.66 Å². The Hall–Kier alpha value is -3.43. The summed E-state index contributed by atoms with van der Waals surface area (Å²) < 4.78 is 0. The van der Waals surface area contributed by atoms with Gasteiger partial charge in [-0.2, -0.15) is 0 Å². The number of benzene rings is 2. The van der Waals surface area contributed by atoms with E-state index >= 15 is 0 Å². The maximum atomic E-state index is 11.4. The number of carboxylic acid groups (broad SMARTS) is 1. The molecule has 0 amide bonds. The molecule has 166 valence electrons. The lowest BCUT2D eigenvalue weighted by molar-refractivity contribution is -0.138. The largest absolute Gasteiger partial charge is 0.508 e. The summed E-state index contributed by atoms with van der Waals surface area (Å²) >= 11 is 0. The number of phenols is 1. The number of carbonyl (C=O) groups is 1. The van der Waals surface area contributed by atoms with Crippen molar-refractivity contribution in [3.8, 4) is 5.75 Å². The summed E-state index contributed by atoms with van der Waals surface area (Å²) in [7, 11) is 0. The number of aliphatic carboxylic acids is 1. The summed E-state index contributed by atoms with van der Waals surface area (Å²) in [5.74, 6) is -0.800. The zero-order chi connectivity index (χ0) is 22.6. The molecule has 2 aromatic carbocycles. The molecule has 9 nitrogen and oxygen atoms in total. The Kier molecular flexibility index (Phi) is 6.38. The van der Waals surface area contributed by atoms with E-state index in [1.807, 2.05) is 42.5 Å². The molecule has 2 N–H and O–H groups in total. The molecule has 1 atom stereocenters. The maximum Gasteiger partial charge on any atom is 0.308 e. The molecule has 0 bridgehead atoms. The lowest BCUT2D eigenvalue weighted by atomic mass is 9.92. The highest BCUT2D eigenvalue weighted by Crippen LogP contribution is 2.38. The molecule has 0 aliphatic carbocycles. The Morgan fingerprint density at radius 3 is 2.34 bits per heavy atom. The first-order valence-corrected chi connectivity index (χ1v) is 10.5. The number of nitrogens with zero attached hydrogens (tertiary/aromatic N) is 6. The molecule has 2 aliphatic heterocycles. The highest BCUT2D eigenvalue weighted by atomic mass is 16.4. The Morgan fingerprint density at radius 2 is 1.75 bits per heavy atom. The fraction of sp³-hybridized carbons (Fsp3) is 0.348. The van der Waals surface area contributed by atoms with Gasteiger partial charge in [0.25, 0.3) is 0 Å². The van der Waals surface area contributed by atoms with E-state index in [-0.39, 0.29) is 18.2 Å². The van der Waals surface area contributed by atoms with Crippen LogP contribution in [0, 0.1) is 0 Å². The summed E-state index contributed by atoms with van der Waals surface area (Å²) in [5.41, 5.74) is 1.34. The van der Waals surface area contributed by atoms with Crippen molar-refractivity contribution in [2.45, 2.75) is 18.1 Å². The monoisotopic (exact) mass is 434 g/mol. The van der Waals surface area contributed by atoms with E-state index in [9.17, 15) is 15.0 Å². The minimum atomic E-state index is -1.32. The highest BCUT2D eigenvalue weighted by Gasteiger charge is 2.38. The van der Waals surface area contributed by atoms with Crippen LogP contribution in [-0.2, 0) is 10.5 Å². The third-order valence-electron chi connectivity index (χ3n) is 5.89. The number of hydrogen-bond donors (Lipinski definition) is 2. The minimum absolute atomic E-state index is 0.0516. The number of carboxylic acids is 1. The van der Waals surface area contributed by atoms with Gasteiger partial charge in [0.15, 0.2) is 0 Å². The molecule has 32 heavy (non-hydrogen) atoms. The van der Waals surface area contributed by atoms with Crippen molar-refractivity contribution in [1.82, 2.24) is 9.80 Å². The van der Waals surface area contributed by atoms with Crippen molar-refractivity contribution >= 4 is 5.97 Å². The van der Waals surface area contributed by atoms with Crippen LogP contribution in [-0.4, -0.2) is 58.7 Å². The van der Waals surface area contributed by atoms with Crippen LogP contribution in [0.5, 0.6) is 5.75 Å². The van der Waals surface area contributed by atoms with Crippen LogP contribution in [0.1, 0.15) is 29.2 Å². The number of piperazine rings is 1. The van der Waals surface area contributed by atoms with Gasteiger partial charge in [-0.15, -0.1) is 16.8 Å². The van der Waals surface area contributed by atoms with Crippen LogP contribution < -0.4 is 0 Å².